The van der Waals surface area contributed by atoms with Crippen LogP contribution in [-0.2, 0) is 20.7 Å². The number of phenolic OH excluding ortho intramolecular Hbond substituents is 1. The minimum absolute atomic E-state index is 0.00600. The van der Waals surface area contributed by atoms with Crippen LogP contribution in [0.25, 0.3) is 6.08 Å². The molecule has 1 spiro atoms. The summed E-state index contributed by atoms with van der Waals surface area (Å²) in [6.45, 7) is 14.1. The smallest absolute Gasteiger partial charge is 0.351 e. The number of aliphatic hydroxyl groups excluding tert-OH is 2. The Hall–Kier alpha value is -5.29. The quantitative estimate of drug-likeness (QED) is 0.122. The molecule has 1 saturated carbocycles. The molecule has 63 heavy (non-hydrogen) atoms. The van der Waals surface area contributed by atoms with Crippen molar-refractivity contribution in [3.05, 3.63) is 92.1 Å². The van der Waals surface area contributed by atoms with Crippen molar-refractivity contribution in [2.75, 3.05) is 11.9 Å². The van der Waals surface area contributed by atoms with Gasteiger partial charge in [-0.05, 0) is 91.4 Å². The Bertz CT molecular complexity index is 2480. The van der Waals surface area contributed by atoms with Crippen LogP contribution in [0.15, 0.2) is 69.7 Å². The minimum atomic E-state index is -3.94. The number of ether oxygens (including phenoxy) is 3. The normalized spacial score (nSPS) is 30.2. The number of rotatable bonds is 12. The van der Waals surface area contributed by atoms with Crippen LogP contribution in [0.3, 0.4) is 0 Å². The lowest BCUT2D eigenvalue weighted by atomic mass is 9.49. The Morgan fingerprint density at radius 1 is 1.06 bits per heavy atom. The first kappa shape index (κ1) is 45.7. The first-order valence-electron chi connectivity index (χ1n) is 21.2. The molecule has 2 aromatic rings. The lowest BCUT2D eigenvalue weighted by molar-refractivity contribution is -0.194. The number of ketones is 2. The van der Waals surface area contributed by atoms with E-state index in [1.54, 1.807) is 6.08 Å². The number of nitrogens with zero attached hydrogens (tertiary/aromatic N) is 2. The topological polar surface area (TPSA) is 207 Å². The van der Waals surface area contributed by atoms with Gasteiger partial charge in [0.25, 0.3) is 5.91 Å². The average molecular weight is 876 g/mol. The van der Waals surface area contributed by atoms with E-state index in [1.165, 1.54) is 19.1 Å². The number of carbonyl (C=O) groups excluding carboxylic acids is 3. The molecule has 3 aliphatic carbocycles. The van der Waals surface area contributed by atoms with Crippen molar-refractivity contribution >= 4 is 29.4 Å². The number of nitrogens with one attached hydrogen (secondary N) is 1. The molecule has 1 aromatic heterocycles. The van der Waals surface area contributed by atoms with Crippen molar-refractivity contribution in [1.29, 1.82) is 0 Å². The summed E-state index contributed by atoms with van der Waals surface area (Å²) >= 11 is 0. The highest BCUT2D eigenvalue weighted by atomic mass is 19.3. The van der Waals surface area contributed by atoms with Crippen molar-refractivity contribution in [1.82, 2.24) is 9.55 Å². The van der Waals surface area contributed by atoms with Crippen molar-refractivity contribution in [2.24, 2.45) is 17.8 Å². The molecule has 2 bridgehead atoms. The molecule has 1 saturated heterocycles. The van der Waals surface area contributed by atoms with Gasteiger partial charge in [-0.15, -0.1) is 0 Å². The minimum Gasteiger partial charge on any atom is -0.506 e. The second-order valence-corrected chi connectivity index (χ2v) is 18.4. The van der Waals surface area contributed by atoms with Crippen LogP contribution in [0.5, 0.6) is 17.2 Å². The first-order valence-corrected chi connectivity index (χ1v) is 21.2. The van der Waals surface area contributed by atoms with Crippen LogP contribution in [0, 0.1) is 17.8 Å². The number of allylic oxidation sites excluding steroid dienone is 5. The van der Waals surface area contributed by atoms with E-state index in [-0.39, 0.29) is 52.8 Å². The second-order valence-electron chi connectivity index (χ2n) is 18.4. The highest BCUT2D eigenvalue weighted by Crippen LogP contribution is 2.62. The van der Waals surface area contributed by atoms with Gasteiger partial charge in [-0.1, -0.05) is 49.3 Å². The largest absolute Gasteiger partial charge is 0.506 e. The molecule has 1 amide bonds. The number of aromatic hydroxyl groups is 1. The Morgan fingerprint density at radius 2 is 1.76 bits per heavy atom. The standard InChI is InChI=1S/C47H55F2N3O11/c1-23(2)10-9-16-44(8)17-14-28-35(54)34-36(55)31-21-27-20-30(25(5)6)46(31,63-38(34)29(37(28)62-44)12-11-24(3)4)45(60,39(27)56)18-13-26(7)41(58)50-33-15-19-52(43(59)51-33)42-47(48,49)40(57)32(22-53)61-42/h10-11,13-15,17,19,21,25,27,30,32,40,42,53-54,57,60H,9,12,16,18,20,22H2,1-8H3,(H,50,51,58,59)/b26-13-/t27?,30?,32-,40-,42-,44?,45?,46?/m1/s1. The summed E-state index contributed by atoms with van der Waals surface area (Å²) in [5.41, 5.74) is -3.56. The summed E-state index contributed by atoms with van der Waals surface area (Å²) in [6.07, 6.45) is 6.50. The number of aliphatic hydroxyl groups is 3. The maximum atomic E-state index is 15.0. The van der Waals surface area contributed by atoms with Gasteiger partial charge in [0.1, 0.15) is 40.3 Å². The number of phenols is 1. The number of alkyl halides is 2. The maximum absolute atomic E-state index is 15.0. The fourth-order valence-corrected chi connectivity index (χ4v) is 9.53. The van der Waals surface area contributed by atoms with Crippen molar-refractivity contribution < 1.29 is 57.8 Å². The van der Waals surface area contributed by atoms with Crippen LogP contribution >= 0.6 is 0 Å². The van der Waals surface area contributed by atoms with Crippen LogP contribution in [0.2, 0.25) is 0 Å². The number of anilines is 1. The number of Topliss-reactive ketones (excluding diaryl/α,β-unsaturated/α-hetero) is 2. The third-order valence-electron chi connectivity index (χ3n) is 13.0. The summed E-state index contributed by atoms with van der Waals surface area (Å²) in [4.78, 5) is 59.5. The van der Waals surface area contributed by atoms with Gasteiger partial charge in [-0.25, -0.2) is 4.79 Å². The Labute approximate surface area is 363 Å². The van der Waals surface area contributed by atoms with Crippen LogP contribution in [0.1, 0.15) is 109 Å². The van der Waals surface area contributed by atoms with Gasteiger partial charge in [-0.3, -0.25) is 19.0 Å². The zero-order chi connectivity index (χ0) is 46.1. The predicted octanol–water partition coefficient (Wildman–Crippen LogP) is 6.08. The zero-order valence-corrected chi connectivity index (χ0v) is 36.6. The van der Waals surface area contributed by atoms with Crippen LogP contribution < -0.4 is 20.5 Å². The third kappa shape index (κ3) is 7.47. The molecule has 3 aliphatic heterocycles. The maximum Gasteiger partial charge on any atom is 0.351 e. The third-order valence-corrected chi connectivity index (χ3v) is 13.0. The molecule has 0 radical (unpaired) electrons. The van der Waals surface area contributed by atoms with E-state index in [1.807, 2.05) is 60.6 Å². The van der Waals surface area contributed by atoms with E-state index in [2.05, 4.69) is 16.4 Å². The monoisotopic (exact) mass is 875 g/mol. The summed E-state index contributed by atoms with van der Waals surface area (Å²) in [6, 6.07) is 1.07. The molecule has 8 rings (SSSR count). The van der Waals surface area contributed by atoms with Crippen LogP contribution in [0.4, 0.5) is 14.6 Å². The molecular formula is C47H55F2N3O11. The number of hydrogen-bond donors (Lipinski definition) is 5. The fraction of sp³-hybridized carbons (Fsp3) is 0.511. The van der Waals surface area contributed by atoms with Crippen LogP contribution in [-0.4, -0.2) is 89.0 Å². The molecule has 8 atom stereocenters. The second kappa shape index (κ2) is 16.4. The van der Waals surface area contributed by atoms with Gasteiger partial charge >= 0.3 is 11.6 Å². The summed E-state index contributed by atoms with van der Waals surface area (Å²) in [5.74, 6) is -7.98. The van der Waals surface area contributed by atoms with E-state index >= 15 is 0 Å². The lowest BCUT2D eigenvalue weighted by Gasteiger charge is -2.60. The number of halogens is 2. The van der Waals surface area contributed by atoms with Crippen molar-refractivity contribution in [3.8, 4) is 17.2 Å². The zero-order valence-electron chi connectivity index (χ0n) is 36.6. The van der Waals surface area contributed by atoms with E-state index < -0.39 is 89.2 Å². The predicted molar refractivity (Wildman–Crippen MR) is 228 cm³/mol. The summed E-state index contributed by atoms with van der Waals surface area (Å²) < 4.78 is 48.8. The molecule has 6 aliphatic rings. The Kier molecular flexibility index (Phi) is 11.9. The SMILES string of the molecule is CC(C)=CCCC1(C)C=Cc2c(O)c3c(c(CC=C(C)C)c2O1)OC12C(=CC(CC1C(C)C)C(=O)C2(O)C/C=C(/C)C(=O)Nc1ccn([C@@H]2O[C@H](CO)[C@@H](O)C2(F)F)c(=O)n1)C3=O. The van der Waals surface area contributed by atoms with E-state index in [4.69, 9.17) is 14.2 Å². The summed E-state index contributed by atoms with van der Waals surface area (Å²) in [5, 5.41) is 46.5. The van der Waals surface area contributed by atoms with Gasteiger partial charge in [0.05, 0.1) is 12.2 Å². The molecule has 16 heteroatoms. The Morgan fingerprint density at radius 3 is 2.38 bits per heavy atom. The number of hydrogen-bond acceptors (Lipinski definition) is 12. The molecule has 2 fully saturated rings. The van der Waals surface area contributed by atoms with E-state index in [0.29, 0.717) is 27.9 Å². The van der Waals surface area contributed by atoms with Crippen molar-refractivity contribution in [2.45, 2.75) is 129 Å². The highest BCUT2D eigenvalue weighted by molar-refractivity contribution is 6.18. The van der Waals surface area contributed by atoms with Crippen molar-refractivity contribution in [3.63, 3.8) is 0 Å². The van der Waals surface area contributed by atoms with E-state index in [9.17, 15) is 48.4 Å². The Balaban J connectivity index is 1.26. The molecule has 5 unspecified atom stereocenters. The van der Waals surface area contributed by atoms with E-state index in [0.717, 1.165) is 29.8 Å². The van der Waals surface area contributed by atoms with Gasteiger partial charge in [0, 0.05) is 41.2 Å². The molecular weight excluding hydrogens is 821 g/mol. The first-order chi connectivity index (χ1) is 29.5. The number of aromatic nitrogens is 2. The fourth-order valence-electron chi connectivity index (χ4n) is 9.53. The van der Waals surface area contributed by atoms with Gasteiger partial charge in [0.15, 0.2) is 28.9 Å². The molecule has 338 valence electrons. The number of fused-ring (bicyclic) bond motifs is 4. The van der Waals surface area contributed by atoms with Gasteiger partial charge in [0.2, 0.25) is 6.23 Å². The highest BCUT2D eigenvalue weighted by Gasteiger charge is 2.73. The molecule has 4 heterocycles. The molecule has 1 aromatic carbocycles. The summed E-state index contributed by atoms with van der Waals surface area (Å²) in [7, 11) is 0. The van der Waals surface area contributed by atoms with Gasteiger partial charge < -0.3 is 40.0 Å². The molecule has 5 N–H and O–H groups in total. The van der Waals surface area contributed by atoms with Gasteiger partial charge in [-0.2, -0.15) is 13.8 Å². The molecule has 14 nitrogen and oxygen atoms in total. The average Bonchev–Trinajstić information content (AvgIpc) is 3.44. The number of benzene rings is 1. The number of amides is 1. The number of carbonyl (C=O) groups is 3. The lowest BCUT2D eigenvalue weighted by Crippen LogP contribution is -2.75.